The Labute approximate surface area is 156 Å². The maximum atomic E-state index is 6.01. The first-order chi connectivity index (χ1) is 12.8. The number of fused-ring (bicyclic) bond motifs is 1. The number of nitrogens with zero attached hydrogens (tertiary/aromatic N) is 1. The Bertz CT molecular complexity index is 584. The Kier molecular flexibility index (Phi) is 7.43. The second kappa shape index (κ2) is 10.3. The standard InChI is InChI=1S/C20H31N3O3/c1-21-20(22-11-14-24-17-7-4-2-3-5-8-17)23-16-9-10-18-19(15-16)26-13-6-12-25-18/h9-10,15,17H,2-8,11-14H2,1H3,(H2,21,22,23). The maximum absolute atomic E-state index is 6.01. The molecule has 1 aliphatic heterocycles. The Hall–Kier alpha value is -1.95. The second-order valence-corrected chi connectivity index (χ2v) is 6.82. The van der Waals surface area contributed by atoms with Gasteiger partial charge in [-0.05, 0) is 25.0 Å². The Morgan fingerprint density at radius 3 is 2.62 bits per heavy atom. The van der Waals surface area contributed by atoms with Crippen LogP contribution >= 0.6 is 0 Å². The minimum Gasteiger partial charge on any atom is -0.490 e. The van der Waals surface area contributed by atoms with Gasteiger partial charge >= 0.3 is 0 Å². The third-order valence-corrected chi connectivity index (χ3v) is 4.78. The molecule has 3 rings (SSSR count). The second-order valence-electron chi connectivity index (χ2n) is 6.82. The summed E-state index contributed by atoms with van der Waals surface area (Å²) in [7, 11) is 1.77. The molecule has 1 saturated carbocycles. The van der Waals surface area contributed by atoms with Gasteiger partial charge in [0, 0.05) is 31.8 Å². The molecule has 0 unspecified atom stereocenters. The largest absolute Gasteiger partial charge is 0.490 e. The van der Waals surface area contributed by atoms with Crippen molar-refractivity contribution in [3.05, 3.63) is 18.2 Å². The van der Waals surface area contributed by atoms with Gasteiger partial charge < -0.3 is 24.8 Å². The van der Waals surface area contributed by atoms with Crippen molar-refractivity contribution in [3.8, 4) is 11.5 Å². The Morgan fingerprint density at radius 2 is 1.85 bits per heavy atom. The van der Waals surface area contributed by atoms with Crippen LogP contribution in [0, 0.1) is 0 Å². The Morgan fingerprint density at radius 1 is 1.08 bits per heavy atom. The van der Waals surface area contributed by atoms with Crippen molar-refractivity contribution in [1.29, 1.82) is 0 Å². The van der Waals surface area contributed by atoms with Gasteiger partial charge in [-0.3, -0.25) is 4.99 Å². The van der Waals surface area contributed by atoms with E-state index in [0.717, 1.165) is 36.1 Å². The lowest BCUT2D eigenvalue weighted by atomic mass is 10.1. The molecule has 0 spiro atoms. The zero-order chi connectivity index (χ0) is 18.0. The monoisotopic (exact) mass is 361 g/mol. The summed E-state index contributed by atoms with van der Waals surface area (Å²) >= 11 is 0. The fourth-order valence-corrected chi connectivity index (χ4v) is 3.36. The maximum Gasteiger partial charge on any atom is 0.195 e. The van der Waals surface area contributed by atoms with Crippen LogP contribution in [0.3, 0.4) is 0 Å². The van der Waals surface area contributed by atoms with Crippen molar-refractivity contribution in [3.63, 3.8) is 0 Å². The highest BCUT2D eigenvalue weighted by Gasteiger charge is 2.13. The molecule has 0 amide bonds. The van der Waals surface area contributed by atoms with Crippen molar-refractivity contribution in [2.45, 2.75) is 51.0 Å². The molecule has 6 nitrogen and oxygen atoms in total. The molecule has 1 aliphatic carbocycles. The molecule has 0 radical (unpaired) electrons. The number of hydrogen-bond donors (Lipinski definition) is 2. The topological polar surface area (TPSA) is 64.1 Å². The number of anilines is 1. The molecule has 0 aromatic heterocycles. The number of aliphatic imine (C=N–C) groups is 1. The molecule has 1 heterocycles. The normalized spacial score (nSPS) is 18.7. The van der Waals surface area contributed by atoms with Crippen LogP contribution in [-0.4, -0.2) is 45.5 Å². The molecule has 2 aliphatic rings. The first kappa shape index (κ1) is 18.8. The minimum atomic E-state index is 0.427. The predicted molar refractivity (Wildman–Crippen MR) is 104 cm³/mol. The van der Waals surface area contributed by atoms with Gasteiger partial charge in [-0.1, -0.05) is 25.7 Å². The lowest BCUT2D eigenvalue weighted by Gasteiger charge is -2.17. The molecular weight excluding hydrogens is 330 g/mol. The molecular formula is C20H31N3O3. The van der Waals surface area contributed by atoms with E-state index in [2.05, 4.69) is 15.6 Å². The average Bonchev–Trinajstić information content (AvgIpc) is 3.06. The molecule has 0 atom stereocenters. The fraction of sp³-hybridized carbons (Fsp3) is 0.650. The molecule has 0 bridgehead atoms. The van der Waals surface area contributed by atoms with E-state index in [1.54, 1.807) is 7.05 Å². The van der Waals surface area contributed by atoms with Crippen LogP contribution in [-0.2, 0) is 4.74 Å². The lowest BCUT2D eigenvalue weighted by molar-refractivity contribution is 0.0469. The van der Waals surface area contributed by atoms with E-state index in [-0.39, 0.29) is 0 Å². The van der Waals surface area contributed by atoms with Crippen LogP contribution in [0.4, 0.5) is 5.69 Å². The summed E-state index contributed by atoms with van der Waals surface area (Å²) < 4.78 is 17.4. The van der Waals surface area contributed by atoms with Gasteiger partial charge in [0.15, 0.2) is 17.5 Å². The van der Waals surface area contributed by atoms with Gasteiger partial charge in [0.05, 0.1) is 25.9 Å². The smallest absolute Gasteiger partial charge is 0.195 e. The number of benzene rings is 1. The van der Waals surface area contributed by atoms with Crippen LogP contribution in [0.5, 0.6) is 11.5 Å². The van der Waals surface area contributed by atoms with Crippen molar-refractivity contribution in [2.24, 2.45) is 4.99 Å². The van der Waals surface area contributed by atoms with E-state index in [4.69, 9.17) is 14.2 Å². The minimum absolute atomic E-state index is 0.427. The molecule has 144 valence electrons. The number of nitrogens with one attached hydrogen (secondary N) is 2. The SMILES string of the molecule is CN=C(NCCOC1CCCCCC1)Nc1ccc2c(c1)OCCCO2. The highest BCUT2D eigenvalue weighted by Crippen LogP contribution is 2.32. The van der Waals surface area contributed by atoms with E-state index < -0.39 is 0 Å². The summed E-state index contributed by atoms with van der Waals surface area (Å²) in [6.07, 6.45) is 9.03. The summed E-state index contributed by atoms with van der Waals surface area (Å²) in [5.74, 6) is 2.30. The van der Waals surface area contributed by atoms with Crippen molar-refractivity contribution < 1.29 is 14.2 Å². The van der Waals surface area contributed by atoms with Crippen LogP contribution in [0.1, 0.15) is 44.9 Å². The van der Waals surface area contributed by atoms with Crippen LogP contribution in [0.2, 0.25) is 0 Å². The van der Waals surface area contributed by atoms with Gasteiger partial charge in [0.2, 0.25) is 0 Å². The first-order valence-corrected chi connectivity index (χ1v) is 9.84. The third-order valence-electron chi connectivity index (χ3n) is 4.78. The average molecular weight is 361 g/mol. The third kappa shape index (κ3) is 5.80. The molecule has 0 saturated heterocycles. The predicted octanol–water partition coefficient (Wildman–Crippen LogP) is 3.57. The van der Waals surface area contributed by atoms with E-state index in [1.165, 1.54) is 38.5 Å². The van der Waals surface area contributed by atoms with Gasteiger partial charge in [-0.2, -0.15) is 0 Å². The number of hydrogen-bond acceptors (Lipinski definition) is 4. The van der Waals surface area contributed by atoms with Gasteiger partial charge in [0.1, 0.15) is 0 Å². The van der Waals surface area contributed by atoms with Crippen LogP contribution in [0.15, 0.2) is 23.2 Å². The summed E-state index contributed by atoms with van der Waals surface area (Å²) in [5.41, 5.74) is 0.923. The molecule has 1 fully saturated rings. The summed E-state index contributed by atoms with van der Waals surface area (Å²) in [4.78, 5) is 4.28. The van der Waals surface area contributed by atoms with Crippen molar-refractivity contribution in [2.75, 3.05) is 38.7 Å². The van der Waals surface area contributed by atoms with Gasteiger partial charge in [-0.15, -0.1) is 0 Å². The first-order valence-electron chi connectivity index (χ1n) is 9.84. The highest BCUT2D eigenvalue weighted by molar-refractivity contribution is 5.93. The van der Waals surface area contributed by atoms with Gasteiger partial charge in [-0.25, -0.2) is 0 Å². The zero-order valence-corrected chi connectivity index (χ0v) is 15.8. The van der Waals surface area contributed by atoms with E-state index in [9.17, 15) is 0 Å². The molecule has 6 heteroatoms. The molecule has 1 aromatic rings. The van der Waals surface area contributed by atoms with Crippen LogP contribution < -0.4 is 20.1 Å². The highest BCUT2D eigenvalue weighted by atomic mass is 16.5. The lowest BCUT2D eigenvalue weighted by Crippen LogP contribution is -2.34. The van der Waals surface area contributed by atoms with Crippen molar-refractivity contribution in [1.82, 2.24) is 5.32 Å². The fourth-order valence-electron chi connectivity index (χ4n) is 3.36. The summed E-state index contributed by atoms with van der Waals surface area (Å²) in [5, 5.41) is 6.60. The van der Waals surface area contributed by atoms with Crippen LogP contribution in [0.25, 0.3) is 0 Å². The zero-order valence-electron chi connectivity index (χ0n) is 15.8. The molecule has 1 aromatic carbocycles. The van der Waals surface area contributed by atoms with Gasteiger partial charge in [0.25, 0.3) is 0 Å². The molecule has 26 heavy (non-hydrogen) atoms. The van der Waals surface area contributed by atoms with E-state index in [0.29, 0.717) is 25.9 Å². The number of ether oxygens (including phenoxy) is 3. The quantitative estimate of drug-likeness (QED) is 0.363. The van der Waals surface area contributed by atoms with Crippen molar-refractivity contribution >= 4 is 11.6 Å². The number of guanidine groups is 1. The van der Waals surface area contributed by atoms with E-state index in [1.807, 2.05) is 18.2 Å². The summed E-state index contributed by atoms with van der Waals surface area (Å²) in [6, 6.07) is 5.86. The number of rotatable bonds is 5. The Balaban J connectivity index is 1.43. The summed E-state index contributed by atoms with van der Waals surface area (Å²) in [6.45, 7) is 2.82. The molecule has 2 N–H and O–H groups in total. The van der Waals surface area contributed by atoms with E-state index >= 15 is 0 Å².